The second kappa shape index (κ2) is 12.1. The number of hydrogen-bond acceptors (Lipinski definition) is 0. The molecule has 4 rings (SSSR count). The standard InChI is InChI=1S/C24BF20.Li.H/c26-5-1(6(27)14(35)21(42)13(5)34)25(2-7(28)15(36)22(43)16(37)8(2)29,3-9(30)17(38)23(44)18(39)10(3)31)4-11(32)19(40)24(45)20(41)12(4)33;;/q-1;+1;-1. The van der Waals surface area contributed by atoms with E-state index in [1.54, 1.807) is 0 Å². The van der Waals surface area contributed by atoms with Crippen molar-refractivity contribution in [2.45, 2.75) is 0 Å². The monoisotopic (exact) mass is 687 g/mol. The summed E-state index contributed by atoms with van der Waals surface area (Å²) in [6.07, 6.45) is -7.22. The van der Waals surface area contributed by atoms with Crippen molar-refractivity contribution in [1.82, 2.24) is 0 Å². The number of benzene rings is 4. The normalized spacial score (nSPS) is 11.7. The third-order valence-electron chi connectivity index (χ3n) is 6.71. The van der Waals surface area contributed by atoms with Gasteiger partial charge in [-0.25, -0.2) is 87.8 Å². The van der Waals surface area contributed by atoms with Crippen molar-refractivity contribution in [3.05, 3.63) is 116 Å². The van der Waals surface area contributed by atoms with E-state index in [2.05, 4.69) is 0 Å². The molecule has 0 aromatic heterocycles. The minimum atomic E-state index is -7.22. The van der Waals surface area contributed by atoms with Gasteiger partial charge in [-0.05, 0) is 0 Å². The molecule has 0 bridgehead atoms. The van der Waals surface area contributed by atoms with Crippen LogP contribution in [0.15, 0.2) is 0 Å². The fraction of sp³-hybridized carbons (Fsp3) is 0. The van der Waals surface area contributed by atoms with Gasteiger partial charge < -0.3 is 1.43 Å². The molecule has 46 heavy (non-hydrogen) atoms. The summed E-state index contributed by atoms with van der Waals surface area (Å²) in [5.41, 5.74) is -14.3. The summed E-state index contributed by atoms with van der Waals surface area (Å²) in [6, 6.07) is 0. The third-order valence-corrected chi connectivity index (χ3v) is 6.71. The van der Waals surface area contributed by atoms with Crippen LogP contribution in [0.5, 0.6) is 0 Å². The van der Waals surface area contributed by atoms with E-state index < -0.39 is 144 Å². The summed E-state index contributed by atoms with van der Waals surface area (Å²) in [4.78, 5) is 0. The average Bonchev–Trinajstić information content (AvgIpc) is 3.00. The van der Waals surface area contributed by atoms with Crippen molar-refractivity contribution in [3.8, 4) is 0 Å². The quantitative estimate of drug-likeness (QED) is 0.134. The van der Waals surface area contributed by atoms with Gasteiger partial charge in [0, 0.05) is 0 Å². The first-order valence-corrected chi connectivity index (χ1v) is 10.9. The molecule has 4 aromatic rings. The van der Waals surface area contributed by atoms with E-state index in [1.807, 2.05) is 0 Å². The Hall–Kier alpha value is -3.86. The Morgan fingerprint density at radius 2 is 0.283 bits per heavy atom. The summed E-state index contributed by atoms with van der Waals surface area (Å²) >= 11 is 0. The molecule has 0 aliphatic heterocycles. The number of rotatable bonds is 4. The van der Waals surface area contributed by atoms with Gasteiger partial charge in [-0.15, -0.1) is 21.9 Å². The molecule has 242 valence electrons. The van der Waals surface area contributed by atoms with Crippen LogP contribution in [0.3, 0.4) is 0 Å². The maximum Gasteiger partial charge on any atom is 1.00 e. The molecule has 0 amide bonds. The molecule has 0 saturated heterocycles. The fourth-order valence-corrected chi connectivity index (χ4v) is 4.87. The Kier molecular flexibility index (Phi) is 9.60. The second-order valence-corrected chi connectivity index (χ2v) is 8.80. The first-order valence-electron chi connectivity index (χ1n) is 10.9. The van der Waals surface area contributed by atoms with Gasteiger partial charge in [0.2, 0.25) is 0 Å². The van der Waals surface area contributed by atoms with E-state index >= 15 is 35.1 Å². The Labute approximate surface area is 252 Å². The van der Waals surface area contributed by atoms with Crippen molar-refractivity contribution in [1.29, 1.82) is 0 Å². The topological polar surface area (TPSA) is 0 Å². The third kappa shape index (κ3) is 4.56. The van der Waals surface area contributed by atoms with Crippen LogP contribution < -0.4 is 40.7 Å². The van der Waals surface area contributed by atoms with Gasteiger partial charge in [0.25, 0.3) is 0 Å². The summed E-state index contributed by atoms with van der Waals surface area (Å²) in [6.45, 7) is 0. The molecule has 0 aliphatic carbocycles. The zero-order chi connectivity index (χ0) is 34.4. The smallest absolute Gasteiger partial charge is 1.00 e. The largest absolute Gasteiger partial charge is 1.00 e. The molecule has 4 aromatic carbocycles. The predicted molar refractivity (Wildman–Crippen MR) is 110 cm³/mol. The van der Waals surface area contributed by atoms with Crippen molar-refractivity contribution in [3.63, 3.8) is 0 Å². The van der Waals surface area contributed by atoms with E-state index in [0.717, 1.165) is 0 Å². The van der Waals surface area contributed by atoms with Crippen LogP contribution in [0.25, 0.3) is 0 Å². The Balaban J connectivity index is 0.00000384. The molecule has 0 spiro atoms. The van der Waals surface area contributed by atoms with E-state index in [9.17, 15) is 52.7 Å². The molecule has 0 nitrogen and oxygen atoms in total. The van der Waals surface area contributed by atoms with Crippen molar-refractivity contribution in [2.24, 2.45) is 0 Å². The van der Waals surface area contributed by atoms with E-state index in [1.165, 1.54) is 0 Å². The molecule has 0 fully saturated rings. The molecule has 0 saturated carbocycles. The van der Waals surface area contributed by atoms with Crippen LogP contribution in [0.1, 0.15) is 1.43 Å². The van der Waals surface area contributed by atoms with E-state index in [-0.39, 0.29) is 20.3 Å². The van der Waals surface area contributed by atoms with Crippen molar-refractivity contribution in [2.75, 3.05) is 0 Å². The maximum absolute atomic E-state index is 15.4. The molecule has 0 heterocycles. The van der Waals surface area contributed by atoms with Gasteiger partial charge in [0.05, 0.1) is 0 Å². The van der Waals surface area contributed by atoms with Crippen LogP contribution in [0.4, 0.5) is 87.8 Å². The van der Waals surface area contributed by atoms with Crippen molar-refractivity contribution < 1.29 is 108 Å². The predicted octanol–water partition coefficient (Wildman–Crippen LogP) is 2.96. The Morgan fingerprint density at radius 3 is 0.391 bits per heavy atom. The Bertz CT molecular complexity index is 1580. The number of hydrogen-bond donors (Lipinski definition) is 0. The summed E-state index contributed by atoms with van der Waals surface area (Å²) in [5, 5.41) is 0. The van der Waals surface area contributed by atoms with Gasteiger partial charge in [-0.1, -0.05) is 0 Å². The molecule has 0 aliphatic rings. The molecule has 0 radical (unpaired) electrons. The maximum atomic E-state index is 15.4. The van der Waals surface area contributed by atoms with E-state index in [4.69, 9.17) is 0 Å². The molecule has 22 heteroatoms. The van der Waals surface area contributed by atoms with Gasteiger partial charge in [-0.2, -0.15) is 0 Å². The van der Waals surface area contributed by atoms with Crippen LogP contribution in [-0.2, 0) is 0 Å². The summed E-state index contributed by atoms with van der Waals surface area (Å²) in [5.74, 6) is -71.4. The summed E-state index contributed by atoms with van der Waals surface area (Å²) < 4.78 is 294. The minimum Gasteiger partial charge on any atom is -1.00 e. The molecular formula is C24HBF20Li-. The second-order valence-electron chi connectivity index (χ2n) is 8.80. The SMILES string of the molecule is Fc1c(F)c(F)c([B-](c2c(F)c(F)c(F)c(F)c2F)(c2c(F)c(F)c(F)c(F)c2F)c2c(F)c(F)c(F)c(F)c2F)c(F)c1F.[H-].[Li+]. The zero-order valence-electron chi connectivity index (χ0n) is 22.1. The van der Waals surface area contributed by atoms with Gasteiger partial charge in [-0.3, -0.25) is 0 Å². The van der Waals surface area contributed by atoms with Crippen LogP contribution in [0.2, 0.25) is 0 Å². The van der Waals surface area contributed by atoms with Crippen LogP contribution in [0, 0.1) is 116 Å². The van der Waals surface area contributed by atoms with Crippen LogP contribution >= 0.6 is 0 Å². The first kappa shape index (κ1) is 36.6. The molecule has 0 atom stereocenters. The average molecular weight is 687 g/mol. The van der Waals surface area contributed by atoms with E-state index in [0.29, 0.717) is 0 Å². The fourth-order valence-electron chi connectivity index (χ4n) is 4.87. The molecule has 0 unspecified atom stereocenters. The molecule has 0 N–H and O–H groups in total. The van der Waals surface area contributed by atoms with Crippen molar-refractivity contribution >= 4 is 28.0 Å². The molecular weight excluding hydrogens is 686 g/mol. The first-order chi connectivity index (χ1) is 20.7. The Morgan fingerprint density at radius 1 is 0.196 bits per heavy atom. The van der Waals surface area contributed by atoms with Gasteiger partial charge >= 0.3 is 18.9 Å². The van der Waals surface area contributed by atoms with Gasteiger partial charge in [0.15, 0.2) is 69.8 Å². The zero-order valence-corrected chi connectivity index (χ0v) is 21.1. The van der Waals surface area contributed by atoms with Crippen LogP contribution in [-0.4, -0.2) is 6.15 Å². The van der Waals surface area contributed by atoms with Gasteiger partial charge in [0.1, 0.15) is 52.7 Å². The minimum absolute atomic E-state index is 0. The number of halogens is 20. The summed E-state index contributed by atoms with van der Waals surface area (Å²) in [7, 11) is 0.